The Labute approximate surface area is 571 Å². The van der Waals surface area contributed by atoms with E-state index in [-0.39, 0.29) is 12.1 Å². The lowest BCUT2D eigenvalue weighted by molar-refractivity contribution is 0.668. The fraction of sp³-hybridized carbons (Fsp3) is 0. The molecule has 0 atom stereocenters. The number of furan rings is 2. The fourth-order valence-electron chi connectivity index (χ4n) is 14.3. The number of pyridine rings is 4. The van der Waals surface area contributed by atoms with Crippen molar-refractivity contribution < 1.29 is 11.6 Å². The van der Waals surface area contributed by atoms with Crippen LogP contribution in [0.25, 0.3) is 199 Å². The van der Waals surface area contributed by atoms with Crippen LogP contribution in [0.5, 0.6) is 0 Å². The van der Waals surface area contributed by atoms with Gasteiger partial charge in [0.2, 0.25) is 5.95 Å². The third kappa shape index (κ3) is 9.09. The zero-order valence-corrected chi connectivity index (χ0v) is 52.9. The van der Waals surface area contributed by atoms with Gasteiger partial charge < -0.3 is 8.83 Å². The molecule has 0 aliphatic heterocycles. The summed E-state index contributed by atoms with van der Waals surface area (Å²) < 4.78 is 32.9. The van der Waals surface area contributed by atoms with Crippen molar-refractivity contribution in [1.29, 1.82) is 5.26 Å². The van der Waals surface area contributed by atoms with Crippen LogP contribution < -0.4 is 0 Å². The zero-order chi connectivity index (χ0) is 67.7. The van der Waals surface area contributed by atoms with E-state index in [9.17, 15) is 5.26 Å². The number of rotatable bonds is 7. The minimum absolute atomic E-state index is 0.260. The molecule has 13 heteroatoms. The summed E-state index contributed by atoms with van der Waals surface area (Å²) in [7, 11) is 0. The number of nitriles is 1. The van der Waals surface area contributed by atoms with Gasteiger partial charge in [-0.3, -0.25) is 9.13 Å². The lowest BCUT2D eigenvalue weighted by atomic mass is 10.0. The van der Waals surface area contributed by atoms with Gasteiger partial charge in [-0.25, -0.2) is 39.9 Å². The lowest BCUT2D eigenvalue weighted by Crippen LogP contribution is -2.05. The molecule has 10 aromatic heterocycles. The molecule has 0 fully saturated rings. The molecule has 0 unspecified atom stereocenters. The fourth-order valence-corrected chi connectivity index (χ4v) is 14.3. The van der Waals surface area contributed by atoms with E-state index in [4.69, 9.17) is 51.4 Å². The maximum Gasteiger partial charge on any atom is 0.237 e. The van der Waals surface area contributed by atoms with Crippen molar-refractivity contribution in [3.63, 3.8) is 0 Å². The van der Waals surface area contributed by atoms with Crippen LogP contribution >= 0.6 is 0 Å². The van der Waals surface area contributed by atoms with Gasteiger partial charge in [-0.2, -0.15) is 5.26 Å². The average Bonchev–Trinajstić information content (AvgIpc) is 1.38. The molecular formula is C87H49N11O2. The topological polar surface area (TPSA) is 163 Å². The molecule has 0 bridgehead atoms. The highest BCUT2D eigenvalue weighted by molar-refractivity contribution is 6.14. The third-order valence-corrected chi connectivity index (χ3v) is 19.0. The van der Waals surface area contributed by atoms with Crippen LogP contribution in [-0.4, -0.2) is 49.0 Å². The Morgan fingerprint density at radius 2 is 0.860 bits per heavy atom. The van der Waals surface area contributed by atoms with E-state index < -0.39 is 0 Å². The first-order valence-electron chi connectivity index (χ1n) is 33.7. The Morgan fingerprint density at radius 3 is 1.53 bits per heavy atom. The highest BCUT2D eigenvalue weighted by atomic mass is 16.3. The van der Waals surface area contributed by atoms with Crippen LogP contribution in [0.15, 0.2) is 306 Å². The second-order valence-corrected chi connectivity index (χ2v) is 24.8. The maximum absolute atomic E-state index is 9.41. The molecule has 21 rings (SSSR count). The van der Waals surface area contributed by atoms with Gasteiger partial charge in [0.15, 0.2) is 11.6 Å². The number of hydrogen-bond donors (Lipinski definition) is 0. The van der Waals surface area contributed by atoms with Crippen molar-refractivity contribution in [3.8, 4) is 74.1 Å². The second-order valence-electron chi connectivity index (χ2n) is 24.8. The van der Waals surface area contributed by atoms with Crippen LogP contribution in [0.2, 0.25) is 0 Å². The monoisotopic (exact) mass is 1280 g/mol. The second kappa shape index (κ2) is 22.5. The highest BCUT2D eigenvalue weighted by Crippen LogP contribution is 2.41. The molecule has 0 N–H and O–H groups in total. The summed E-state index contributed by atoms with van der Waals surface area (Å²) in [6.07, 6.45) is 3.62. The average molecular weight is 1280 g/mol. The summed E-state index contributed by atoms with van der Waals surface area (Å²) in [4.78, 5) is 41.3. The van der Waals surface area contributed by atoms with E-state index in [1.54, 1.807) is 24.4 Å². The van der Waals surface area contributed by atoms with Gasteiger partial charge in [-0.1, -0.05) is 164 Å². The van der Waals surface area contributed by atoms with Crippen molar-refractivity contribution >= 4 is 131 Å². The predicted octanol–water partition coefficient (Wildman–Crippen LogP) is 21.3. The number of hydrogen-bond acceptors (Lipinski definition) is 11. The molecule has 10 heterocycles. The molecule has 0 aliphatic carbocycles. The van der Waals surface area contributed by atoms with E-state index in [2.05, 4.69) is 118 Å². The van der Waals surface area contributed by atoms with Crippen LogP contribution in [0.1, 0.15) is 8.30 Å². The van der Waals surface area contributed by atoms with E-state index >= 15 is 0 Å². The van der Waals surface area contributed by atoms with Crippen molar-refractivity contribution in [1.82, 2.24) is 49.0 Å². The molecular weight excluding hydrogens is 1230 g/mol. The van der Waals surface area contributed by atoms with Crippen LogP contribution in [0.3, 0.4) is 0 Å². The molecule has 0 saturated carbocycles. The molecule has 21 aromatic rings. The number of fused-ring (bicyclic) bond motifs is 18. The first kappa shape index (κ1) is 54.2. The first-order valence-corrected chi connectivity index (χ1v) is 32.7. The molecule has 0 radical (unpaired) electrons. The number of nitrogens with zero attached hydrogens (tertiary/aromatic N) is 11. The highest BCUT2D eigenvalue weighted by Gasteiger charge is 2.24. The summed E-state index contributed by atoms with van der Waals surface area (Å²) >= 11 is 0. The van der Waals surface area contributed by atoms with Gasteiger partial charge in [0, 0.05) is 99.3 Å². The Bertz CT molecular complexity index is 7030. The van der Waals surface area contributed by atoms with Crippen molar-refractivity contribution in [2.45, 2.75) is 0 Å². The van der Waals surface area contributed by atoms with E-state index in [0.717, 1.165) is 160 Å². The third-order valence-electron chi connectivity index (χ3n) is 19.0. The predicted molar refractivity (Wildman–Crippen MR) is 400 cm³/mol. The Morgan fingerprint density at radius 1 is 0.330 bits per heavy atom. The van der Waals surface area contributed by atoms with Crippen molar-refractivity contribution in [3.05, 3.63) is 303 Å². The zero-order valence-electron chi connectivity index (χ0n) is 54.9. The quantitative estimate of drug-likeness (QED) is 0.140. The molecule has 13 nitrogen and oxygen atoms in total. The van der Waals surface area contributed by atoms with E-state index in [1.807, 2.05) is 152 Å². The van der Waals surface area contributed by atoms with Crippen molar-refractivity contribution in [2.24, 2.45) is 0 Å². The number of benzene rings is 11. The van der Waals surface area contributed by atoms with Gasteiger partial charge in [-0.15, -0.1) is 0 Å². The summed E-state index contributed by atoms with van der Waals surface area (Å²) in [5, 5.41) is 21.5. The molecule has 0 saturated heterocycles. The molecule has 0 aliphatic rings. The van der Waals surface area contributed by atoms with Crippen molar-refractivity contribution in [2.75, 3.05) is 0 Å². The molecule has 11 aromatic carbocycles. The van der Waals surface area contributed by atoms with Crippen LogP contribution in [0, 0.1) is 11.3 Å². The molecule has 0 spiro atoms. The van der Waals surface area contributed by atoms with E-state index in [0.29, 0.717) is 45.4 Å². The number of aromatic nitrogens is 10. The Balaban J connectivity index is 0.000000137. The maximum atomic E-state index is 9.41. The Kier molecular flexibility index (Phi) is 12.2. The van der Waals surface area contributed by atoms with Crippen LogP contribution in [-0.2, 0) is 0 Å². The van der Waals surface area contributed by atoms with Gasteiger partial charge in [0.1, 0.15) is 44.7 Å². The Hall–Kier alpha value is -14.1. The SMILES string of the molecule is [2H]c1cc([2H])cc(-c2ccc3ccc4c(-n5c6ccccc6c6cccnc65)nc(-c5ccc(-c6cccc(C#N)c6)cc5)nc4c3n2)c1.c1ccc2c(c1)oc1ccc(-c3ccc4ccc5c(-c6ccc7oc8ccccc8c7c6)nc(-n6c7ccccc7c7cccnc76)nc5c4n3)cc12. The summed E-state index contributed by atoms with van der Waals surface area (Å²) in [5.41, 5.74) is 18.2. The smallest absolute Gasteiger partial charge is 0.237 e. The molecule has 100 heavy (non-hydrogen) atoms. The largest absolute Gasteiger partial charge is 0.456 e. The molecule has 0 amide bonds. The van der Waals surface area contributed by atoms with Gasteiger partial charge in [0.05, 0.1) is 53.5 Å². The van der Waals surface area contributed by atoms with Crippen LogP contribution in [0.4, 0.5) is 0 Å². The normalized spacial score (nSPS) is 12.1. The van der Waals surface area contributed by atoms with Gasteiger partial charge >= 0.3 is 0 Å². The first-order chi connectivity index (χ1) is 50.3. The van der Waals surface area contributed by atoms with Gasteiger partial charge in [-0.05, 0) is 132 Å². The summed E-state index contributed by atoms with van der Waals surface area (Å²) in [6.45, 7) is 0. The summed E-state index contributed by atoms with van der Waals surface area (Å²) in [5.74, 6) is 1.75. The van der Waals surface area contributed by atoms with Gasteiger partial charge in [0.25, 0.3) is 0 Å². The minimum Gasteiger partial charge on any atom is -0.456 e. The molecule has 464 valence electrons. The summed E-state index contributed by atoms with van der Waals surface area (Å²) in [6, 6.07) is 93.2. The minimum atomic E-state index is 0.260. The standard InChI is InChI=1S/C46H25N5O2.C41H24N6/c1-4-12-37-29(8-1)32-11-7-23-47-45(32)51(37)46-49-42(28-18-22-41-35(25-28)31-10-3-6-14-39(31)53-41)33-19-15-26-16-20-36(48-43(26)44(33)50-46)27-17-21-40-34(24-27)30-9-2-5-13-38(30)52-40;42-25-26-8-6-11-31(24-26)27-15-17-30(18-16-27)39-45-38-34(21-19-29-20-22-35(44-37(29)38)28-9-2-1-3-10-28)41(46-39)47-36-14-5-4-12-32(36)33-13-7-23-43-40(33)47/h1-25H;1-24H/i;2D,3D. The van der Waals surface area contributed by atoms with E-state index in [1.165, 1.54) is 6.07 Å². The number of para-hydroxylation sites is 4. The lowest BCUT2D eigenvalue weighted by Gasteiger charge is -2.14.